The van der Waals surface area contributed by atoms with Crippen LogP contribution in [-0.2, 0) is 17.4 Å². The second-order valence-corrected chi connectivity index (χ2v) is 4.65. The molecule has 3 N–H and O–H groups in total. The molecule has 0 radical (unpaired) electrons. The van der Waals surface area contributed by atoms with Crippen LogP contribution in [0.1, 0.15) is 24.4 Å². The average molecular weight is 301 g/mol. The third-order valence-corrected chi connectivity index (χ3v) is 3.20. The van der Waals surface area contributed by atoms with Gasteiger partial charge in [0, 0.05) is 6.42 Å². The van der Waals surface area contributed by atoms with Crippen LogP contribution in [-0.4, -0.2) is 27.2 Å². The minimum atomic E-state index is -4.47. The van der Waals surface area contributed by atoms with Crippen molar-refractivity contribution in [2.45, 2.75) is 25.6 Å². The number of nitrogens with two attached hydrogens (primary N) is 1. The highest BCUT2D eigenvalue weighted by Gasteiger charge is 2.31. The number of fused-ring (bicyclic) bond motifs is 1. The molecule has 2 rings (SSSR count). The standard InChI is InChI=1S/C13H14F3N3O2/c1-7(12(20)21)19-10-3-2-8(13(14,15)16)6-9(10)18-11(19)4-5-17/h2-3,6-7H,4-5,17H2,1H3,(H,20,21). The van der Waals surface area contributed by atoms with E-state index in [1.807, 2.05) is 0 Å². The van der Waals surface area contributed by atoms with Crippen molar-refractivity contribution in [2.75, 3.05) is 6.54 Å². The summed E-state index contributed by atoms with van der Waals surface area (Å²) in [6.45, 7) is 1.67. The van der Waals surface area contributed by atoms with Gasteiger partial charge >= 0.3 is 12.1 Å². The van der Waals surface area contributed by atoms with E-state index in [0.717, 1.165) is 12.1 Å². The van der Waals surface area contributed by atoms with E-state index in [0.29, 0.717) is 11.3 Å². The maximum absolute atomic E-state index is 12.7. The van der Waals surface area contributed by atoms with Crippen LogP contribution in [0.25, 0.3) is 11.0 Å². The summed E-state index contributed by atoms with van der Waals surface area (Å²) in [5.74, 6) is -0.728. The molecule has 0 fully saturated rings. The first-order valence-electron chi connectivity index (χ1n) is 6.26. The molecule has 1 unspecified atom stereocenters. The summed E-state index contributed by atoms with van der Waals surface area (Å²) in [6, 6.07) is 2.14. The molecule has 0 aliphatic heterocycles. The third-order valence-electron chi connectivity index (χ3n) is 3.20. The molecule has 2 aromatic rings. The summed E-state index contributed by atoms with van der Waals surface area (Å²) in [6.07, 6.45) is -4.18. The van der Waals surface area contributed by atoms with Crippen molar-refractivity contribution in [3.63, 3.8) is 0 Å². The van der Waals surface area contributed by atoms with E-state index in [9.17, 15) is 18.0 Å². The highest BCUT2D eigenvalue weighted by molar-refractivity contribution is 5.81. The van der Waals surface area contributed by atoms with E-state index in [1.54, 1.807) is 0 Å². The number of benzene rings is 1. The van der Waals surface area contributed by atoms with E-state index in [-0.39, 0.29) is 18.5 Å². The van der Waals surface area contributed by atoms with Gasteiger partial charge in [-0.25, -0.2) is 9.78 Å². The van der Waals surface area contributed by atoms with Crippen molar-refractivity contribution in [1.82, 2.24) is 9.55 Å². The second kappa shape index (κ2) is 5.36. The Hall–Kier alpha value is -2.09. The lowest BCUT2D eigenvalue weighted by Gasteiger charge is -2.13. The number of carboxylic acid groups (broad SMARTS) is 1. The topological polar surface area (TPSA) is 81.1 Å². The van der Waals surface area contributed by atoms with E-state index < -0.39 is 23.8 Å². The normalized spacial score (nSPS) is 13.6. The van der Waals surface area contributed by atoms with Gasteiger partial charge in [0.25, 0.3) is 0 Å². The van der Waals surface area contributed by atoms with Crippen LogP contribution in [0.3, 0.4) is 0 Å². The number of aliphatic carboxylic acids is 1. The van der Waals surface area contributed by atoms with Gasteiger partial charge < -0.3 is 15.4 Å². The van der Waals surface area contributed by atoms with Gasteiger partial charge in [0.2, 0.25) is 0 Å². The van der Waals surface area contributed by atoms with E-state index in [1.165, 1.54) is 17.6 Å². The summed E-state index contributed by atoms with van der Waals surface area (Å²) >= 11 is 0. The number of halogens is 3. The average Bonchev–Trinajstić information content (AvgIpc) is 2.74. The molecule has 1 heterocycles. The van der Waals surface area contributed by atoms with Crippen molar-refractivity contribution in [2.24, 2.45) is 5.73 Å². The molecule has 0 aliphatic carbocycles. The van der Waals surface area contributed by atoms with Crippen molar-refractivity contribution in [3.05, 3.63) is 29.6 Å². The minimum absolute atomic E-state index is 0.112. The third kappa shape index (κ3) is 2.85. The quantitative estimate of drug-likeness (QED) is 0.907. The Bertz CT molecular complexity index is 679. The Morgan fingerprint density at radius 1 is 1.48 bits per heavy atom. The number of carbonyl (C=O) groups is 1. The van der Waals surface area contributed by atoms with Crippen LogP contribution in [0.2, 0.25) is 0 Å². The molecule has 1 aromatic heterocycles. The Kier molecular flexibility index (Phi) is 3.91. The number of rotatable bonds is 4. The number of nitrogens with zero attached hydrogens (tertiary/aromatic N) is 2. The SMILES string of the molecule is CC(C(=O)O)n1c(CCN)nc2cc(C(F)(F)F)ccc21. The molecule has 0 spiro atoms. The highest BCUT2D eigenvalue weighted by Crippen LogP contribution is 2.32. The molecule has 21 heavy (non-hydrogen) atoms. The fourth-order valence-electron chi connectivity index (χ4n) is 2.17. The smallest absolute Gasteiger partial charge is 0.416 e. The molecule has 0 saturated heterocycles. The van der Waals surface area contributed by atoms with Crippen molar-refractivity contribution >= 4 is 17.0 Å². The maximum atomic E-state index is 12.7. The fourth-order valence-corrected chi connectivity index (χ4v) is 2.17. The molecule has 5 nitrogen and oxygen atoms in total. The minimum Gasteiger partial charge on any atom is -0.480 e. The number of imidazole rings is 1. The molecular weight excluding hydrogens is 287 g/mol. The fraction of sp³-hybridized carbons (Fsp3) is 0.385. The van der Waals surface area contributed by atoms with Gasteiger partial charge in [-0.3, -0.25) is 0 Å². The van der Waals surface area contributed by atoms with Gasteiger partial charge in [-0.2, -0.15) is 13.2 Å². The first kappa shape index (κ1) is 15.3. The summed E-state index contributed by atoms with van der Waals surface area (Å²) in [4.78, 5) is 15.3. The lowest BCUT2D eigenvalue weighted by Crippen LogP contribution is -2.19. The summed E-state index contributed by atoms with van der Waals surface area (Å²) in [5.41, 5.74) is 5.09. The van der Waals surface area contributed by atoms with Crippen LogP contribution in [0.4, 0.5) is 13.2 Å². The summed E-state index contributed by atoms with van der Waals surface area (Å²) in [7, 11) is 0. The molecule has 8 heteroatoms. The molecule has 0 amide bonds. The van der Waals surface area contributed by atoms with E-state index >= 15 is 0 Å². The Morgan fingerprint density at radius 2 is 2.14 bits per heavy atom. The first-order chi connectivity index (χ1) is 9.75. The summed E-state index contributed by atoms with van der Waals surface area (Å²) in [5, 5.41) is 9.13. The Balaban J connectivity index is 2.65. The van der Waals surface area contributed by atoms with Gasteiger partial charge in [-0.05, 0) is 31.7 Å². The Labute approximate surface area is 118 Å². The molecule has 0 saturated carbocycles. The zero-order valence-electron chi connectivity index (χ0n) is 11.2. The van der Waals surface area contributed by atoms with Gasteiger partial charge in [-0.15, -0.1) is 0 Å². The lowest BCUT2D eigenvalue weighted by atomic mass is 10.2. The molecule has 1 atom stereocenters. The molecule has 1 aromatic carbocycles. The highest BCUT2D eigenvalue weighted by atomic mass is 19.4. The van der Waals surface area contributed by atoms with E-state index in [4.69, 9.17) is 10.8 Å². The molecule has 0 bridgehead atoms. The predicted octanol–water partition coefficient (Wildman–Crippen LogP) is 2.20. The van der Waals surface area contributed by atoms with Crippen LogP contribution >= 0.6 is 0 Å². The van der Waals surface area contributed by atoms with Crippen molar-refractivity contribution in [3.8, 4) is 0 Å². The van der Waals surface area contributed by atoms with Crippen molar-refractivity contribution < 1.29 is 23.1 Å². The zero-order valence-corrected chi connectivity index (χ0v) is 11.2. The number of carboxylic acids is 1. The van der Waals surface area contributed by atoms with Crippen LogP contribution < -0.4 is 5.73 Å². The largest absolute Gasteiger partial charge is 0.480 e. The van der Waals surface area contributed by atoms with Crippen molar-refractivity contribution in [1.29, 1.82) is 0 Å². The van der Waals surface area contributed by atoms with Gasteiger partial charge in [0.05, 0.1) is 16.6 Å². The van der Waals surface area contributed by atoms with E-state index in [2.05, 4.69) is 4.98 Å². The van der Waals surface area contributed by atoms with Crippen LogP contribution in [0, 0.1) is 0 Å². The number of alkyl halides is 3. The van der Waals surface area contributed by atoms with Gasteiger partial charge in [-0.1, -0.05) is 0 Å². The number of aromatic nitrogens is 2. The summed E-state index contributed by atoms with van der Waals surface area (Å²) < 4.78 is 39.5. The molecule has 0 aliphatic rings. The molecular formula is C13H14F3N3O2. The first-order valence-corrected chi connectivity index (χ1v) is 6.26. The molecule has 114 valence electrons. The monoisotopic (exact) mass is 301 g/mol. The van der Waals surface area contributed by atoms with Crippen LogP contribution in [0.5, 0.6) is 0 Å². The maximum Gasteiger partial charge on any atom is 0.416 e. The number of hydrogen-bond donors (Lipinski definition) is 2. The zero-order chi connectivity index (χ0) is 15.8. The van der Waals surface area contributed by atoms with Gasteiger partial charge in [0.1, 0.15) is 11.9 Å². The Morgan fingerprint density at radius 3 is 2.67 bits per heavy atom. The lowest BCUT2D eigenvalue weighted by molar-refractivity contribution is -0.140. The second-order valence-electron chi connectivity index (χ2n) is 4.65. The van der Waals surface area contributed by atoms with Crippen LogP contribution in [0.15, 0.2) is 18.2 Å². The number of hydrogen-bond acceptors (Lipinski definition) is 3. The predicted molar refractivity (Wildman–Crippen MR) is 69.8 cm³/mol. The van der Waals surface area contributed by atoms with Gasteiger partial charge in [0.15, 0.2) is 0 Å².